The number of nitrogens with zero attached hydrogens (tertiary/aromatic N) is 1. The van der Waals surface area contributed by atoms with Gasteiger partial charge in [-0.1, -0.05) is 66.2 Å². The lowest BCUT2D eigenvalue weighted by molar-refractivity contribution is -0.142. The van der Waals surface area contributed by atoms with Gasteiger partial charge in [-0.3, -0.25) is 9.59 Å². The molecule has 3 amide bonds. The van der Waals surface area contributed by atoms with Crippen molar-refractivity contribution in [1.82, 2.24) is 15.5 Å². The molecule has 0 aromatic heterocycles. The Morgan fingerprint density at radius 2 is 1.81 bits per heavy atom. The van der Waals surface area contributed by atoms with Gasteiger partial charge in [0.1, 0.15) is 17.7 Å². The van der Waals surface area contributed by atoms with Gasteiger partial charge in [0.05, 0.1) is 0 Å². The zero-order valence-corrected chi connectivity index (χ0v) is 23.3. The van der Waals surface area contributed by atoms with Gasteiger partial charge in [-0.2, -0.15) is 11.8 Å². The van der Waals surface area contributed by atoms with Crippen LogP contribution >= 0.6 is 11.8 Å². The monoisotopic (exact) mass is 525 g/mol. The van der Waals surface area contributed by atoms with E-state index in [4.69, 9.17) is 4.74 Å². The zero-order chi connectivity index (χ0) is 27.4. The Bertz CT molecular complexity index is 1050. The molecule has 0 saturated heterocycles. The predicted octanol–water partition coefficient (Wildman–Crippen LogP) is 5.01. The number of benzene rings is 2. The molecule has 0 saturated carbocycles. The van der Waals surface area contributed by atoms with E-state index in [-0.39, 0.29) is 18.4 Å². The van der Waals surface area contributed by atoms with Gasteiger partial charge in [0.2, 0.25) is 11.8 Å². The standard InChI is InChI=1S/C29H39N3O4S/c1-7-17-32(27(34)24(16-18-37-6)31-28(35)36-29(3,4)5)25(23-15-11-12-21(2)19-23)26(33)30-20-22-13-9-8-10-14-22/h7-15,19,24-25H,1,16-18,20H2,2-6H3,(H,30,33)(H,31,35). The van der Waals surface area contributed by atoms with E-state index in [2.05, 4.69) is 17.2 Å². The van der Waals surface area contributed by atoms with Gasteiger partial charge in [0, 0.05) is 13.1 Å². The van der Waals surface area contributed by atoms with Crippen molar-refractivity contribution in [3.05, 3.63) is 83.9 Å². The molecule has 7 nitrogen and oxygen atoms in total. The number of carbonyl (C=O) groups excluding carboxylic acids is 3. The first-order chi connectivity index (χ1) is 17.6. The summed E-state index contributed by atoms with van der Waals surface area (Å²) in [4.78, 5) is 41.6. The Balaban J connectivity index is 2.41. The highest BCUT2D eigenvalue weighted by atomic mass is 32.2. The molecule has 0 spiro atoms. The van der Waals surface area contributed by atoms with Gasteiger partial charge >= 0.3 is 6.09 Å². The molecule has 2 rings (SSSR count). The Labute approximate surface area is 225 Å². The number of aryl methyl sites for hydroxylation is 1. The molecule has 2 atom stereocenters. The molecule has 0 aliphatic rings. The molecule has 37 heavy (non-hydrogen) atoms. The highest BCUT2D eigenvalue weighted by molar-refractivity contribution is 7.98. The molecule has 2 aromatic carbocycles. The molecule has 0 aliphatic carbocycles. The smallest absolute Gasteiger partial charge is 0.408 e. The maximum absolute atomic E-state index is 13.9. The molecule has 2 N–H and O–H groups in total. The minimum atomic E-state index is -0.911. The minimum Gasteiger partial charge on any atom is -0.444 e. The second-order valence-electron chi connectivity index (χ2n) is 9.78. The summed E-state index contributed by atoms with van der Waals surface area (Å²) in [7, 11) is 0. The number of alkyl carbamates (subject to hydrolysis) is 1. The van der Waals surface area contributed by atoms with Gasteiger partial charge in [-0.05, 0) is 57.3 Å². The van der Waals surface area contributed by atoms with Crippen LogP contribution in [-0.4, -0.2) is 53.0 Å². The fourth-order valence-corrected chi connectivity index (χ4v) is 4.27. The quantitative estimate of drug-likeness (QED) is 0.380. The van der Waals surface area contributed by atoms with E-state index in [1.165, 1.54) is 4.90 Å². The van der Waals surface area contributed by atoms with Crippen molar-refractivity contribution < 1.29 is 19.1 Å². The van der Waals surface area contributed by atoms with Gasteiger partial charge in [-0.25, -0.2) is 4.79 Å². The molecule has 8 heteroatoms. The number of thioether (sulfide) groups is 1. The highest BCUT2D eigenvalue weighted by Gasteiger charge is 2.35. The molecule has 2 aromatic rings. The number of hydrogen-bond donors (Lipinski definition) is 2. The number of ether oxygens (including phenoxy) is 1. The largest absolute Gasteiger partial charge is 0.444 e. The second kappa shape index (κ2) is 14.5. The summed E-state index contributed by atoms with van der Waals surface area (Å²) in [6.45, 7) is 11.5. The van der Waals surface area contributed by atoms with Crippen molar-refractivity contribution in [1.29, 1.82) is 0 Å². The summed E-state index contributed by atoms with van der Waals surface area (Å²) in [6.07, 6.45) is 3.23. The van der Waals surface area contributed by atoms with Gasteiger partial charge in [0.15, 0.2) is 0 Å². The summed E-state index contributed by atoms with van der Waals surface area (Å²) in [5.41, 5.74) is 1.89. The third-order valence-electron chi connectivity index (χ3n) is 5.44. The van der Waals surface area contributed by atoms with Gasteiger partial charge < -0.3 is 20.3 Å². The molecule has 0 bridgehead atoms. The third-order valence-corrected chi connectivity index (χ3v) is 6.08. The summed E-state index contributed by atoms with van der Waals surface area (Å²) in [5.74, 6) is -0.0459. The van der Waals surface area contributed by atoms with Crippen molar-refractivity contribution >= 4 is 29.7 Å². The van der Waals surface area contributed by atoms with Crippen molar-refractivity contribution in [3.8, 4) is 0 Å². The summed E-state index contributed by atoms with van der Waals surface area (Å²) < 4.78 is 5.41. The van der Waals surface area contributed by atoms with Crippen LogP contribution < -0.4 is 10.6 Å². The first-order valence-corrected chi connectivity index (χ1v) is 13.7. The van der Waals surface area contributed by atoms with Crippen molar-refractivity contribution in [3.63, 3.8) is 0 Å². The van der Waals surface area contributed by atoms with E-state index >= 15 is 0 Å². The maximum Gasteiger partial charge on any atom is 0.408 e. The van der Waals surface area contributed by atoms with E-state index in [9.17, 15) is 14.4 Å². The van der Waals surface area contributed by atoms with Gasteiger partial charge in [-0.15, -0.1) is 6.58 Å². The Hall–Kier alpha value is -3.26. The molecule has 0 aliphatic heterocycles. The fourth-order valence-electron chi connectivity index (χ4n) is 3.80. The molecule has 0 heterocycles. The first-order valence-electron chi connectivity index (χ1n) is 12.3. The first kappa shape index (κ1) is 30.0. The van der Waals surface area contributed by atoms with Crippen LogP contribution in [0, 0.1) is 6.92 Å². The SMILES string of the molecule is C=CCN(C(=O)C(CCSC)NC(=O)OC(C)(C)C)C(C(=O)NCc1ccccc1)c1cccc(C)c1. The second-order valence-corrected chi connectivity index (χ2v) is 10.8. The summed E-state index contributed by atoms with van der Waals surface area (Å²) >= 11 is 1.57. The van der Waals surface area contributed by atoms with Crippen LogP contribution in [0.15, 0.2) is 67.3 Å². The van der Waals surface area contributed by atoms with E-state index in [0.717, 1.165) is 11.1 Å². The maximum atomic E-state index is 13.9. The minimum absolute atomic E-state index is 0.127. The number of carbonyl (C=O) groups is 3. The molecule has 0 radical (unpaired) electrons. The molecule has 2 unspecified atom stereocenters. The van der Waals surface area contributed by atoms with Crippen LogP contribution in [0.2, 0.25) is 0 Å². The van der Waals surface area contributed by atoms with Crippen LogP contribution in [0.3, 0.4) is 0 Å². The van der Waals surface area contributed by atoms with Crippen LogP contribution in [0.5, 0.6) is 0 Å². The number of nitrogens with one attached hydrogen (secondary N) is 2. The Morgan fingerprint density at radius 1 is 1.11 bits per heavy atom. The number of hydrogen-bond acceptors (Lipinski definition) is 5. The van der Waals surface area contributed by atoms with Crippen LogP contribution in [0.25, 0.3) is 0 Å². The average molecular weight is 526 g/mol. The lowest BCUT2D eigenvalue weighted by Gasteiger charge is -2.34. The highest BCUT2D eigenvalue weighted by Crippen LogP contribution is 2.24. The molecule has 0 fully saturated rings. The Morgan fingerprint density at radius 3 is 2.41 bits per heavy atom. The van der Waals surface area contributed by atoms with E-state index < -0.39 is 23.8 Å². The summed E-state index contributed by atoms with van der Waals surface area (Å²) in [5, 5.41) is 5.71. The van der Waals surface area contributed by atoms with Gasteiger partial charge in [0.25, 0.3) is 0 Å². The van der Waals surface area contributed by atoms with Crippen molar-refractivity contribution in [2.75, 3.05) is 18.6 Å². The van der Waals surface area contributed by atoms with E-state index in [1.54, 1.807) is 38.6 Å². The number of amides is 3. The summed E-state index contributed by atoms with van der Waals surface area (Å²) in [6, 6.07) is 15.3. The topological polar surface area (TPSA) is 87.7 Å². The predicted molar refractivity (Wildman–Crippen MR) is 150 cm³/mol. The normalized spacial score (nSPS) is 12.7. The average Bonchev–Trinajstić information content (AvgIpc) is 2.84. The number of rotatable bonds is 12. The van der Waals surface area contributed by atoms with Crippen molar-refractivity contribution in [2.45, 2.75) is 58.3 Å². The molecular weight excluding hydrogens is 486 g/mol. The molecular formula is C29H39N3O4S. The fraction of sp³-hybridized carbons (Fsp3) is 0.414. The zero-order valence-electron chi connectivity index (χ0n) is 22.5. The van der Waals surface area contributed by atoms with Crippen LogP contribution in [0.1, 0.15) is 49.9 Å². The van der Waals surface area contributed by atoms with Crippen LogP contribution in [-0.2, 0) is 20.9 Å². The van der Waals surface area contributed by atoms with Crippen LogP contribution in [0.4, 0.5) is 4.79 Å². The molecule has 200 valence electrons. The van der Waals surface area contributed by atoms with E-state index in [0.29, 0.717) is 24.3 Å². The Kier molecular flexibility index (Phi) is 11.7. The third kappa shape index (κ3) is 9.96. The van der Waals surface area contributed by atoms with Crippen molar-refractivity contribution in [2.24, 2.45) is 0 Å². The lowest BCUT2D eigenvalue weighted by Crippen LogP contribution is -2.53. The lowest BCUT2D eigenvalue weighted by atomic mass is 10.0. The van der Waals surface area contributed by atoms with E-state index in [1.807, 2.05) is 67.8 Å².